The zero-order valence-corrected chi connectivity index (χ0v) is 16.6. The van der Waals surface area contributed by atoms with Gasteiger partial charge in [0.25, 0.3) is 0 Å². The first kappa shape index (κ1) is 21.0. The maximum Gasteiger partial charge on any atom is 1.00 e. The minimum absolute atomic E-state index is 0. The molecule has 0 N–H and O–H groups in total. The van der Waals surface area contributed by atoms with Crippen LogP contribution in [0.4, 0.5) is 0 Å². The Kier molecular flexibility index (Phi) is 20.1. The smallest absolute Gasteiger partial charge is 0.284 e. The topological polar surface area (TPSA) is 0 Å². The van der Waals surface area contributed by atoms with Gasteiger partial charge >= 0.3 is 58.2 Å². The van der Waals surface area contributed by atoms with Gasteiger partial charge in [-0.25, -0.2) is 5.92 Å². The molecule has 21 heavy (non-hydrogen) atoms. The number of hydrogen-bond donors (Lipinski definition) is 0. The Labute approximate surface area is 176 Å². The van der Waals surface area contributed by atoms with Crippen LogP contribution in [0.3, 0.4) is 0 Å². The van der Waals surface area contributed by atoms with Gasteiger partial charge in [-0.1, -0.05) is 5.92 Å². The maximum atomic E-state index is 3.30. The molecule has 0 spiro atoms. The molecule has 0 aliphatic rings. The third kappa shape index (κ3) is 20.2. The molecule has 0 unspecified atom stereocenters. The summed E-state index contributed by atoms with van der Waals surface area (Å²) in [7, 11) is 0. The van der Waals surface area contributed by atoms with Gasteiger partial charge in [-0.05, 0) is 89.8 Å². The Morgan fingerprint density at radius 1 is 0.429 bits per heavy atom. The second-order valence-electron chi connectivity index (χ2n) is 2.43. The summed E-state index contributed by atoms with van der Waals surface area (Å²) < 4.78 is 0. The van der Waals surface area contributed by atoms with E-state index in [0.717, 1.165) is 0 Å². The molecule has 0 aromatic rings. The Morgan fingerprint density at radius 3 is 0.905 bits per heavy atom. The molecule has 0 aliphatic heterocycles. The first-order chi connectivity index (χ1) is 9.91. The van der Waals surface area contributed by atoms with Gasteiger partial charge in [-0.15, -0.1) is 5.92 Å². The summed E-state index contributed by atoms with van der Waals surface area (Å²) in [4.78, 5) is 0. The fraction of sp³-hybridized carbons (Fsp3) is 0.0500. The van der Waals surface area contributed by atoms with Crippen molar-refractivity contribution in [3.63, 3.8) is 0 Å². The van der Waals surface area contributed by atoms with E-state index in [2.05, 4.69) is 113 Å². The third-order valence-corrected chi connectivity index (χ3v) is 1.15. The van der Waals surface area contributed by atoms with E-state index < -0.39 is 0 Å². The van der Waals surface area contributed by atoms with Crippen LogP contribution in [0.15, 0.2) is 0 Å². The molecule has 0 saturated heterocycles. The predicted octanol–water partition coefficient (Wildman–Crippen LogP) is -2.13. The van der Waals surface area contributed by atoms with Crippen molar-refractivity contribution in [1.82, 2.24) is 0 Å². The van der Waals surface area contributed by atoms with Gasteiger partial charge in [0.2, 0.25) is 0 Å². The van der Waals surface area contributed by atoms with Gasteiger partial charge in [0.1, 0.15) is 0 Å². The van der Waals surface area contributed by atoms with E-state index in [0.29, 0.717) is 0 Å². The summed E-state index contributed by atoms with van der Waals surface area (Å²) in [5, 5.41) is 0. The average Bonchev–Trinajstić information content (AvgIpc) is 2.47. The van der Waals surface area contributed by atoms with Crippen molar-refractivity contribution in [2.75, 3.05) is 0 Å². The van der Waals surface area contributed by atoms with Crippen LogP contribution in [0.25, 0.3) is 0 Å². The second kappa shape index (κ2) is 20.0. The van der Waals surface area contributed by atoms with E-state index in [1.54, 1.807) is 6.92 Å². The molecule has 0 amide bonds. The molecule has 0 atom stereocenters. The van der Waals surface area contributed by atoms with E-state index in [-0.39, 0.29) is 58.2 Å². The molecule has 0 fully saturated rings. The Bertz CT molecular complexity index is 826. The fourth-order valence-electron chi connectivity index (χ4n) is 0.544. The molecule has 0 bridgehead atoms. The first-order valence-electron chi connectivity index (χ1n) is 5.10. The van der Waals surface area contributed by atoms with Crippen molar-refractivity contribution >= 4 is 0 Å². The van der Waals surface area contributed by atoms with Crippen LogP contribution in [0, 0.1) is 113 Å². The van der Waals surface area contributed by atoms with Gasteiger partial charge in [0.15, 0.2) is 0 Å². The van der Waals surface area contributed by atoms with Crippen molar-refractivity contribution in [2.45, 2.75) is 6.92 Å². The van der Waals surface area contributed by atoms with E-state index in [4.69, 9.17) is 0 Å². The SMILES string of the molecule is [CH2-]C#CC#CC#CC#CC#CC#CC#CC#CC#CC.[Rb+]. The van der Waals surface area contributed by atoms with Gasteiger partial charge in [-0.3, -0.25) is 5.92 Å². The van der Waals surface area contributed by atoms with Crippen LogP contribution >= 0.6 is 0 Å². The monoisotopic (exact) mass is 330 g/mol. The van der Waals surface area contributed by atoms with E-state index in [9.17, 15) is 0 Å². The zero-order chi connectivity index (χ0) is 14.7. The normalized spacial score (nSPS) is 3.67. The van der Waals surface area contributed by atoms with Gasteiger partial charge in [0, 0.05) is 0 Å². The molecule has 0 aromatic heterocycles. The molecule has 0 aliphatic carbocycles. The summed E-state index contributed by atoms with van der Waals surface area (Å²) in [6.45, 7) is 5.00. The molecule has 0 saturated carbocycles. The van der Waals surface area contributed by atoms with Crippen molar-refractivity contribution in [2.24, 2.45) is 0 Å². The van der Waals surface area contributed by atoms with Gasteiger partial charge in [0.05, 0.1) is 0 Å². The quantitative estimate of drug-likeness (QED) is 0.352. The summed E-state index contributed by atoms with van der Waals surface area (Å²) in [6.07, 6.45) is 0. The third-order valence-electron chi connectivity index (χ3n) is 1.15. The first-order valence-corrected chi connectivity index (χ1v) is 5.10. The van der Waals surface area contributed by atoms with Gasteiger partial charge < -0.3 is 0 Å². The number of rotatable bonds is 0. The summed E-state index contributed by atoms with van der Waals surface area (Å²) >= 11 is 0. The summed E-state index contributed by atoms with van der Waals surface area (Å²) in [5.74, 6) is 45.0. The zero-order valence-electron chi connectivity index (χ0n) is 11.7. The Balaban J connectivity index is 0. The molecule has 0 aromatic carbocycles. The molecular weight excluding hydrogens is 326 g/mol. The Hall–Kier alpha value is -2.28. The predicted molar refractivity (Wildman–Crippen MR) is 81.0 cm³/mol. The van der Waals surface area contributed by atoms with Crippen LogP contribution in [-0.2, 0) is 0 Å². The molecule has 1 heteroatoms. The minimum Gasteiger partial charge on any atom is -0.284 e. The molecular formula is C20H5Rb. The van der Waals surface area contributed by atoms with Gasteiger partial charge in [-0.2, -0.15) is 6.92 Å². The fourth-order valence-corrected chi connectivity index (χ4v) is 0.544. The average molecular weight is 331 g/mol. The van der Waals surface area contributed by atoms with Crippen molar-refractivity contribution in [3.05, 3.63) is 6.92 Å². The van der Waals surface area contributed by atoms with Crippen LogP contribution in [-0.4, -0.2) is 0 Å². The molecule has 0 radical (unpaired) electrons. The minimum atomic E-state index is 0. The molecule has 0 nitrogen and oxygen atoms in total. The second-order valence-corrected chi connectivity index (χ2v) is 2.43. The van der Waals surface area contributed by atoms with Crippen LogP contribution in [0.2, 0.25) is 0 Å². The standard InChI is InChI=1S/C20H5.Rb/c1-3-5-7-9-11-13-15-17-19-20-18-16-14-12-10-8-6-4-2;/h1H2,2H3;/q-1;+1. The van der Waals surface area contributed by atoms with Crippen LogP contribution < -0.4 is 58.2 Å². The van der Waals surface area contributed by atoms with Crippen molar-refractivity contribution < 1.29 is 58.2 Å². The van der Waals surface area contributed by atoms with Crippen molar-refractivity contribution in [3.8, 4) is 107 Å². The Morgan fingerprint density at radius 2 is 0.667 bits per heavy atom. The van der Waals surface area contributed by atoms with E-state index >= 15 is 0 Å². The van der Waals surface area contributed by atoms with E-state index in [1.807, 2.05) is 0 Å². The summed E-state index contributed by atoms with van der Waals surface area (Å²) in [5.41, 5.74) is 0. The van der Waals surface area contributed by atoms with Crippen LogP contribution in [0.1, 0.15) is 6.92 Å². The molecule has 0 rings (SSSR count). The number of hydrogen-bond acceptors (Lipinski definition) is 0. The molecule has 0 heterocycles. The molecule has 86 valence electrons. The maximum absolute atomic E-state index is 3.30. The van der Waals surface area contributed by atoms with Crippen molar-refractivity contribution in [1.29, 1.82) is 0 Å². The van der Waals surface area contributed by atoms with Crippen LogP contribution in [0.5, 0.6) is 0 Å². The summed E-state index contributed by atoms with van der Waals surface area (Å²) in [6, 6.07) is 0. The largest absolute Gasteiger partial charge is 1.00 e. The van der Waals surface area contributed by atoms with E-state index in [1.165, 1.54) is 0 Å².